The normalized spacial score (nSPS) is 11.0. The third kappa shape index (κ3) is 4.28. The first-order valence-corrected chi connectivity index (χ1v) is 10.9. The van der Waals surface area contributed by atoms with E-state index in [1.165, 1.54) is 0 Å². The van der Waals surface area contributed by atoms with Crippen LogP contribution in [0.15, 0.2) is 78.9 Å². The number of aryl methyl sites for hydroxylation is 2. The molecule has 1 N–H and O–H groups in total. The molecule has 2 heterocycles. The SMILES string of the molecule is CNc1nc(-c2ccccc2)nc2ccc(-c3cccc(OCc4cc(C)nn4C)c3)cc12. The molecule has 6 nitrogen and oxygen atoms in total. The van der Waals surface area contributed by atoms with Gasteiger partial charge >= 0.3 is 0 Å². The summed E-state index contributed by atoms with van der Waals surface area (Å²) in [6.45, 7) is 2.45. The third-order valence-electron chi connectivity index (χ3n) is 5.62. The quantitative estimate of drug-likeness (QED) is 0.375. The number of fused-ring (bicyclic) bond motifs is 1. The maximum atomic E-state index is 6.05. The number of nitrogens with zero attached hydrogens (tertiary/aromatic N) is 4. The predicted molar refractivity (Wildman–Crippen MR) is 132 cm³/mol. The highest BCUT2D eigenvalue weighted by Gasteiger charge is 2.11. The average molecular weight is 436 g/mol. The van der Waals surface area contributed by atoms with Crippen LogP contribution < -0.4 is 10.1 Å². The Morgan fingerprint density at radius 3 is 2.39 bits per heavy atom. The van der Waals surface area contributed by atoms with E-state index in [0.717, 1.165) is 50.5 Å². The standard InChI is InChI=1S/C27H25N5O/c1-18-14-22(32(3)31-18)17-33-23-11-7-10-20(15-23)21-12-13-25-24(16-21)27(28-2)30-26(29-25)19-8-5-4-6-9-19/h4-16H,17H2,1-3H3,(H,28,29,30). The molecule has 164 valence electrons. The fraction of sp³-hybridized carbons (Fsp3) is 0.148. The van der Waals surface area contributed by atoms with Gasteiger partial charge in [-0.2, -0.15) is 5.10 Å². The van der Waals surface area contributed by atoms with Crippen LogP contribution >= 0.6 is 0 Å². The molecule has 33 heavy (non-hydrogen) atoms. The van der Waals surface area contributed by atoms with E-state index in [9.17, 15) is 0 Å². The number of hydrogen-bond donors (Lipinski definition) is 1. The second kappa shape index (κ2) is 8.74. The summed E-state index contributed by atoms with van der Waals surface area (Å²) in [6, 6.07) is 26.5. The Morgan fingerprint density at radius 2 is 1.64 bits per heavy atom. The van der Waals surface area contributed by atoms with Gasteiger partial charge in [-0.05, 0) is 48.4 Å². The summed E-state index contributed by atoms with van der Waals surface area (Å²) in [5, 5.41) is 8.59. The predicted octanol–water partition coefficient (Wildman–Crippen LogP) is 5.63. The third-order valence-corrected chi connectivity index (χ3v) is 5.62. The van der Waals surface area contributed by atoms with Gasteiger partial charge in [0.15, 0.2) is 5.82 Å². The van der Waals surface area contributed by atoms with Crippen molar-refractivity contribution in [1.29, 1.82) is 0 Å². The molecule has 0 atom stereocenters. The number of rotatable bonds is 6. The molecule has 0 aliphatic rings. The van der Waals surface area contributed by atoms with Crippen LogP contribution in [0.25, 0.3) is 33.4 Å². The Labute approximate surface area is 192 Å². The van der Waals surface area contributed by atoms with Crippen LogP contribution in [0.3, 0.4) is 0 Å². The molecule has 0 fully saturated rings. The summed E-state index contributed by atoms with van der Waals surface area (Å²) in [5.74, 6) is 2.33. The zero-order chi connectivity index (χ0) is 22.8. The molecule has 0 amide bonds. The van der Waals surface area contributed by atoms with Crippen molar-refractivity contribution < 1.29 is 4.74 Å². The second-order valence-electron chi connectivity index (χ2n) is 7.96. The molecule has 0 aliphatic heterocycles. The molecule has 0 saturated carbocycles. The smallest absolute Gasteiger partial charge is 0.162 e. The molecule has 0 unspecified atom stereocenters. The van der Waals surface area contributed by atoms with Crippen molar-refractivity contribution in [2.45, 2.75) is 13.5 Å². The lowest BCUT2D eigenvalue weighted by atomic mass is 10.0. The summed E-state index contributed by atoms with van der Waals surface area (Å²) in [7, 11) is 3.82. The van der Waals surface area contributed by atoms with Crippen molar-refractivity contribution in [3.05, 3.63) is 90.3 Å². The molecule has 0 radical (unpaired) electrons. The van der Waals surface area contributed by atoms with Crippen molar-refractivity contribution >= 4 is 16.7 Å². The molecule has 5 rings (SSSR count). The Balaban J connectivity index is 1.46. The molecular weight excluding hydrogens is 410 g/mol. The van der Waals surface area contributed by atoms with E-state index in [0.29, 0.717) is 12.4 Å². The maximum Gasteiger partial charge on any atom is 0.162 e. The molecule has 2 aromatic heterocycles. The van der Waals surface area contributed by atoms with Gasteiger partial charge in [-0.1, -0.05) is 48.5 Å². The van der Waals surface area contributed by atoms with E-state index in [1.807, 2.05) is 80.3 Å². The Morgan fingerprint density at radius 1 is 0.848 bits per heavy atom. The van der Waals surface area contributed by atoms with Crippen molar-refractivity contribution in [2.75, 3.05) is 12.4 Å². The first-order chi connectivity index (χ1) is 16.1. The van der Waals surface area contributed by atoms with Gasteiger partial charge in [-0.15, -0.1) is 0 Å². The largest absolute Gasteiger partial charge is 0.487 e. The lowest BCUT2D eigenvalue weighted by Gasteiger charge is -2.11. The van der Waals surface area contributed by atoms with E-state index in [4.69, 9.17) is 14.7 Å². The lowest BCUT2D eigenvalue weighted by molar-refractivity contribution is 0.295. The fourth-order valence-corrected chi connectivity index (χ4v) is 3.94. The van der Waals surface area contributed by atoms with Gasteiger partial charge in [0.05, 0.1) is 16.9 Å². The molecule has 5 aromatic rings. The number of benzene rings is 3. The van der Waals surface area contributed by atoms with Crippen LogP contribution in [0.5, 0.6) is 5.75 Å². The Hall–Kier alpha value is -4.19. The highest BCUT2D eigenvalue weighted by atomic mass is 16.5. The lowest BCUT2D eigenvalue weighted by Crippen LogP contribution is -2.03. The summed E-state index contributed by atoms with van der Waals surface area (Å²) in [4.78, 5) is 9.56. The van der Waals surface area contributed by atoms with E-state index >= 15 is 0 Å². The van der Waals surface area contributed by atoms with Gasteiger partial charge in [0, 0.05) is 25.0 Å². The van der Waals surface area contributed by atoms with Crippen molar-refractivity contribution in [1.82, 2.24) is 19.7 Å². The molecule has 0 bridgehead atoms. The van der Waals surface area contributed by atoms with E-state index in [1.54, 1.807) is 0 Å². The molecular formula is C27H25N5O. The van der Waals surface area contributed by atoms with Gasteiger partial charge < -0.3 is 10.1 Å². The van der Waals surface area contributed by atoms with Crippen LogP contribution in [-0.2, 0) is 13.7 Å². The van der Waals surface area contributed by atoms with Gasteiger partial charge in [0.25, 0.3) is 0 Å². The van der Waals surface area contributed by atoms with Crippen LogP contribution in [0.4, 0.5) is 5.82 Å². The minimum Gasteiger partial charge on any atom is -0.487 e. The average Bonchev–Trinajstić information content (AvgIpc) is 3.19. The Kier molecular flexibility index (Phi) is 5.48. The summed E-state index contributed by atoms with van der Waals surface area (Å²) in [5.41, 5.74) is 6.07. The van der Waals surface area contributed by atoms with Gasteiger partial charge in [0.2, 0.25) is 0 Å². The number of aromatic nitrogens is 4. The first kappa shape index (κ1) is 20.7. The van der Waals surface area contributed by atoms with Crippen LogP contribution in [0, 0.1) is 6.92 Å². The van der Waals surface area contributed by atoms with Gasteiger partial charge in [-0.3, -0.25) is 4.68 Å². The Bertz CT molecular complexity index is 1430. The first-order valence-electron chi connectivity index (χ1n) is 10.9. The zero-order valence-corrected chi connectivity index (χ0v) is 18.9. The second-order valence-corrected chi connectivity index (χ2v) is 7.96. The number of ether oxygens (including phenoxy) is 1. The van der Waals surface area contributed by atoms with Gasteiger partial charge in [0.1, 0.15) is 18.2 Å². The summed E-state index contributed by atoms with van der Waals surface area (Å²) >= 11 is 0. The summed E-state index contributed by atoms with van der Waals surface area (Å²) in [6.07, 6.45) is 0. The molecule has 0 spiro atoms. The van der Waals surface area contributed by atoms with Crippen LogP contribution in [0.2, 0.25) is 0 Å². The van der Waals surface area contributed by atoms with Crippen LogP contribution in [0.1, 0.15) is 11.4 Å². The number of hydrogen-bond acceptors (Lipinski definition) is 5. The van der Waals surface area contributed by atoms with Gasteiger partial charge in [-0.25, -0.2) is 9.97 Å². The van der Waals surface area contributed by atoms with Crippen LogP contribution in [-0.4, -0.2) is 26.8 Å². The fourth-order valence-electron chi connectivity index (χ4n) is 3.94. The van der Waals surface area contributed by atoms with E-state index < -0.39 is 0 Å². The monoisotopic (exact) mass is 435 g/mol. The minimum atomic E-state index is 0.471. The highest BCUT2D eigenvalue weighted by Crippen LogP contribution is 2.31. The molecule has 3 aromatic carbocycles. The molecule has 0 saturated heterocycles. The van der Waals surface area contributed by atoms with Crippen molar-refractivity contribution in [3.63, 3.8) is 0 Å². The zero-order valence-electron chi connectivity index (χ0n) is 18.9. The van der Waals surface area contributed by atoms with Crippen molar-refractivity contribution in [2.24, 2.45) is 7.05 Å². The molecule has 0 aliphatic carbocycles. The van der Waals surface area contributed by atoms with Crippen molar-refractivity contribution in [3.8, 4) is 28.3 Å². The van der Waals surface area contributed by atoms with E-state index in [-0.39, 0.29) is 0 Å². The maximum absolute atomic E-state index is 6.05. The topological polar surface area (TPSA) is 64.9 Å². The number of anilines is 1. The number of nitrogens with one attached hydrogen (secondary N) is 1. The molecule has 6 heteroatoms. The summed E-state index contributed by atoms with van der Waals surface area (Å²) < 4.78 is 7.90. The minimum absolute atomic E-state index is 0.471. The highest BCUT2D eigenvalue weighted by molar-refractivity contribution is 5.94. The van der Waals surface area contributed by atoms with E-state index in [2.05, 4.69) is 34.7 Å².